The van der Waals surface area contributed by atoms with Gasteiger partial charge in [0.25, 0.3) is 5.91 Å². The highest BCUT2D eigenvalue weighted by molar-refractivity contribution is 6.03. The average molecular weight is 507 g/mol. The molecule has 1 fully saturated rings. The number of aromatic nitrogens is 2. The third kappa shape index (κ3) is 5.96. The quantitative estimate of drug-likeness (QED) is 0.402. The monoisotopic (exact) mass is 506 g/mol. The second-order valence-electron chi connectivity index (χ2n) is 11.4. The number of carbonyl (C=O) groups is 1. The van der Waals surface area contributed by atoms with Crippen LogP contribution in [0, 0.1) is 16.7 Å². The summed E-state index contributed by atoms with van der Waals surface area (Å²) < 4.78 is 5.87. The fraction of sp³-hybridized carbons (Fsp3) is 0.552. The molecule has 8 heteroatoms. The number of benzene rings is 1. The van der Waals surface area contributed by atoms with Crippen LogP contribution in [0.4, 0.5) is 5.69 Å². The van der Waals surface area contributed by atoms with Crippen LogP contribution in [0.1, 0.15) is 99.6 Å². The molecule has 8 nitrogen and oxygen atoms in total. The van der Waals surface area contributed by atoms with Crippen LogP contribution >= 0.6 is 0 Å². The van der Waals surface area contributed by atoms with Crippen LogP contribution in [0.5, 0.6) is 0 Å². The number of nitriles is 1. The number of rotatable bonds is 8. The van der Waals surface area contributed by atoms with Crippen molar-refractivity contribution >= 4 is 17.2 Å². The maximum atomic E-state index is 12.9. The van der Waals surface area contributed by atoms with Crippen molar-refractivity contribution in [2.45, 2.75) is 89.9 Å². The van der Waals surface area contributed by atoms with Crippen molar-refractivity contribution in [3.63, 3.8) is 0 Å². The molecule has 1 amide bonds. The summed E-state index contributed by atoms with van der Waals surface area (Å²) in [5.74, 6) is -0.197. The van der Waals surface area contributed by atoms with E-state index in [4.69, 9.17) is 10.00 Å². The second-order valence-corrected chi connectivity index (χ2v) is 11.4. The number of imidazole rings is 1. The number of aromatic amines is 1. The maximum Gasteiger partial charge on any atom is 0.291 e. The average Bonchev–Trinajstić information content (AvgIpc) is 3.45. The molecule has 4 N–H and O–H groups in total. The van der Waals surface area contributed by atoms with Crippen molar-refractivity contribution < 1.29 is 19.7 Å². The van der Waals surface area contributed by atoms with E-state index in [1.807, 2.05) is 25.1 Å². The van der Waals surface area contributed by atoms with Gasteiger partial charge in [-0.3, -0.25) is 4.79 Å². The smallest absolute Gasteiger partial charge is 0.291 e. The summed E-state index contributed by atoms with van der Waals surface area (Å²) >= 11 is 0. The lowest BCUT2D eigenvalue weighted by Gasteiger charge is -2.33. The van der Waals surface area contributed by atoms with Gasteiger partial charge in [-0.1, -0.05) is 39.3 Å². The second kappa shape index (κ2) is 10.8. The van der Waals surface area contributed by atoms with Crippen LogP contribution < -0.4 is 5.32 Å². The van der Waals surface area contributed by atoms with Gasteiger partial charge in [-0.25, -0.2) is 4.98 Å². The van der Waals surface area contributed by atoms with E-state index < -0.39 is 23.7 Å². The molecule has 2 aromatic rings. The van der Waals surface area contributed by atoms with E-state index in [1.165, 1.54) is 11.8 Å². The van der Waals surface area contributed by atoms with Gasteiger partial charge < -0.3 is 25.3 Å². The Hall–Kier alpha value is -2.99. The number of anilines is 1. The number of ether oxygens (including phenoxy) is 1. The van der Waals surface area contributed by atoms with Crippen molar-refractivity contribution in [1.82, 2.24) is 9.97 Å². The Morgan fingerprint density at radius 1 is 1.35 bits per heavy atom. The molecule has 0 bridgehead atoms. The minimum Gasteiger partial charge on any atom is -0.388 e. The van der Waals surface area contributed by atoms with Crippen molar-refractivity contribution in [1.29, 1.82) is 5.26 Å². The van der Waals surface area contributed by atoms with Gasteiger partial charge in [0.1, 0.15) is 18.3 Å². The number of nitrogens with zero attached hydrogens (tertiary/aromatic N) is 2. The first-order chi connectivity index (χ1) is 17.5. The van der Waals surface area contributed by atoms with E-state index in [-0.39, 0.29) is 29.5 Å². The van der Waals surface area contributed by atoms with Gasteiger partial charge in [-0.2, -0.15) is 5.26 Å². The lowest BCUT2D eigenvalue weighted by molar-refractivity contribution is -0.0603. The third-order valence-electron chi connectivity index (χ3n) is 7.85. The van der Waals surface area contributed by atoms with Gasteiger partial charge in [-0.15, -0.1) is 0 Å². The van der Waals surface area contributed by atoms with E-state index in [1.54, 1.807) is 0 Å². The molecule has 0 radical (unpaired) electrons. The number of allylic oxidation sites excluding steroid dienone is 2. The normalized spacial score (nSPS) is 25.8. The Labute approximate surface area is 218 Å². The summed E-state index contributed by atoms with van der Waals surface area (Å²) in [6, 6.07) is 8.05. The van der Waals surface area contributed by atoms with Crippen LogP contribution in [0.15, 0.2) is 30.5 Å². The van der Waals surface area contributed by atoms with E-state index in [0.29, 0.717) is 12.1 Å². The number of aliphatic hydroxyl groups excluding tert-OH is 2. The highest BCUT2D eigenvalue weighted by Gasteiger charge is 2.46. The minimum absolute atomic E-state index is 0.0908. The zero-order chi connectivity index (χ0) is 26.8. The Morgan fingerprint density at radius 3 is 2.73 bits per heavy atom. The first-order valence-corrected chi connectivity index (χ1v) is 13.2. The van der Waals surface area contributed by atoms with Crippen molar-refractivity contribution in [2.24, 2.45) is 5.41 Å². The van der Waals surface area contributed by atoms with Crippen LogP contribution in [0.3, 0.4) is 0 Å². The Morgan fingerprint density at radius 2 is 2.14 bits per heavy atom. The maximum absolute atomic E-state index is 12.9. The van der Waals surface area contributed by atoms with Crippen LogP contribution in [-0.4, -0.2) is 50.5 Å². The predicted molar refractivity (Wildman–Crippen MR) is 142 cm³/mol. The van der Waals surface area contributed by atoms with Crippen molar-refractivity contribution in [3.8, 4) is 6.07 Å². The molecule has 0 saturated carbocycles. The van der Waals surface area contributed by atoms with Crippen LogP contribution in [0.25, 0.3) is 5.57 Å². The molecule has 2 heterocycles. The molecule has 1 aromatic carbocycles. The molecular formula is C29H38N4O4. The molecule has 2 aliphatic rings. The van der Waals surface area contributed by atoms with Gasteiger partial charge in [0.05, 0.1) is 12.2 Å². The van der Waals surface area contributed by atoms with Gasteiger partial charge in [0, 0.05) is 17.4 Å². The number of hydrogen-bond acceptors (Lipinski definition) is 6. The Balaban J connectivity index is 1.68. The van der Waals surface area contributed by atoms with Gasteiger partial charge in [0.2, 0.25) is 0 Å². The summed E-state index contributed by atoms with van der Waals surface area (Å²) in [5.41, 5.74) is 3.57. The summed E-state index contributed by atoms with van der Waals surface area (Å²) in [5, 5.41) is 32.7. The summed E-state index contributed by atoms with van der Waals surface area (Å²) in [4.78, 5) is 19.7. The first-order valence-electron chi connectivity index (χ1n) is 13.2. The molecular weight excluding hydrogens is 468 g/mol. The van der Waals surface area contributed by atoms with Crippen LogP contribution in [0.2, 0.25) is 0 Å². The molecule has 1 aliphatic heterocycles. The van der Waals surface area contributed by atoms with E-state index in [9.17, 15) is 15.0 Å². The lowest BCUT2D eigenvalue weighted by Crippen LogP contribution is -2.41. The van der Waals surface area contributed by atoms with Crippen molar-refractivity contribution in [2.75, 3.05) is 11.9 Å². The molecule has 1 saturated heterocycles. The Bertz CT molecular complexity index is 1210. The number of hydrogen-bond donors (Lipinski definition) is 4. The zero-order valence-electron chi connectivity index (χ0n) is 22.2. The number of aliphatic hydroxyl groups is 2. The molecule has 198 valence electrons. The van der Waals surface area contributed by atoms with Crippen molar-refractivity contribution in [3.05, 3.63) is 53.1 Å². The molecule has 1 aliphatic carbocycles. The SMILES string of the molecule is CCC[C@H](C[C@]1(C)OC[C@@H](O)[C@H]1O)c1ccc(NC(=O)c2nc(C#N)c[nH]2)c(C2=CCC(C)(C)CC2)c1. The first kappa shape index (κ1) is 27.1. The highest BCUT2D eigenvalue weighted by atomic mass is 16.5. The topological polar surface area (TPSA) is 131 Å². The fourth-order valence-corrected chi connectivity index (χ4v) is 5.45. The molecule has 37 heavy (non-hydrogen) atoms. The number of amides is 1. The lowest BCUT2D eigenvalue weighted by atomic mass is 9.76. The van der Waals surface area contributed by atoms with Gasteiger partial charge in [0.15, 0.2) is 11.5 Å². The molecule has 4 atom stereocenters. The van der Waals surface area contributed by atoms with Crippen LogP contribution in [-0.2, 0) is 4.74 Å². The highest BCUT2D eigenvalue weighted by Crippen LogP contribution is 2.43. The van der Waals surface area contributed by atoms with E-state index in [2.05, 4.69) is 48.2 Å². The zero-order valence-corrected chi connectivity index (χ0v) is 22.2. The molecule has 0 spiro atoms. The van der Waals surface area contributed by atoms with Gasteiger partial charge >= 0.3 is 0 Å². The minimum atomic E-state index is -0.931. The van der Waals surface area contributed by atoms with E-state index >= 15 is 0 Å². The molecule has 1 aromatic heterocycles. The molecule has 4 rings (SSSR count). The number of nitrogens with one attached hydrogen (secondary N) is 2. The standard InChI is InChI=1S/C29H38N4O4/c1-5-6-20(14-29(4)25(35)24(34)17-37-29)19-7-8-23(33-27(36)26-31-16-21(15-30)32-26)22(13-19)18-9-11-28(2,3)12-10-18/h7-9,13,16,20,24-25,34-35H,5-6,10-12,14,17H2,1-4H3,(H,31,32)(H,33,36)/t20-,24-,25-,29+/m1/s1. The number of H-pyrrole nitrogens is 1. The molecule has 0 unspecified atom stereocenters. The summed E-state index contributed by atoms with van der Waals surface area (Å²) in [6.07, 6.45) is 7.24. The fourth-order valence-electron chi connectivity index (χ4n) is 5.45. The summed E-state index contributed by atoms with van der Waals surface area (Å²) in [7, 11) is 0. The Kier molecular flexibility index (Phi) is 7.88. The van der Waals surface area contributed by atoms with E-state index in [0.717, 1.165) is 43.2 Å². The van der Waals surface area contributed by atoms with Gasteiger partial charge in [-0.05, 0) is 73.6 Å². The third-order valence-corrected chi connectivity index (χ3v) is 7.85. The summed E-state index contributed by atoms with van der Waals surface area (Å²) in [6.45, 7) is 8.67. The predicted octanol–water partition coefficient (Wildman–Crippen LogP) is 4.91. The number of carbonyl (C=O) groups excluding carboxylic acids is 1. The largest absolute Gasteiger partial charge is 0.388 e.